The van der Waals surface area contributed by atoms with Crippen LogP contribution in [0.2, 0.25) is 4.34 Å². The van der Waals surface area contributed by atoms with Crippen LogP contribution in [0.4, 0.5) is 0 Å². The van der Waals surface area contributed by atoms with Crippen molar-refractivity contribution in [3.05, 3.63) is 28.2 Å². The first-order valence-electron chi connectivity index (χ1n) is 5.24. The fourth-order valence-electron chi connectivity index (χ4n) is 1.29. The van der Waals surface area contributed by atoms with E-state index in [0.717, 1.165) is 4.88 Å². The number of amides is 1. The number of aliphatic hydroxyl groups is 1. The molecule has 18 heavy (non-hydrogen) atoms. The van der Waals surface area contributed by atoms with E-state index in [1.165, 1.54) is 11.3 Å². The highest BCUT2D eigenvalue weighted by molar-refractivity contribution is 7.19. The zero-order chi connectivity index (χ0) is 13.1. The number of halogens is 1. The zero-order valence-electron chi connectivity index (χ0n) is 9.51. The van der Waals surface area contributed by atoms with Crippen molar-refractivity contribution < 1.29 is 14.4 Å². The van der Waals surface area contributed by atoms with Gasteiger partial charge < -0.3 is 14.9 Å². The Kier molecular flexibility index (Phi) is 4.00. The summed E-state index contributed by atoms with van der Waals surface area (Å²) in [6.07, 6.45) is 0. The molecule has 2 heterocycles. The highest BCUT2D eigenvalue weighted by Crippen LogP contribution is 2.31. The lowest BCUT2D eigenvalue weighted by atomic mass is 10.3. The Hall–Kier alpha value is -1.37. The minimum Gasteiger partial charge on any atom is -0.394 e. The van der Waals surface area contributed by atoms with Gasteiger partial charge in [0.05, 0.1) is 15.8 Å². The third-order valence-corrected chi connectivity index (χ3v) is 3.46. The number of rotatable bonds is 4. The molecule has 0 aliphatic carbocycles. The summed E-state index contributed by atoms with van der Waals surface area (Å²) in [6.45, 7) is 1.56. The predicted octanol–water partition coefficient (Wildman–Crippen LogP) is 2.17. The van der Waals surface area contributed by atoms with Crippen molar-refractivity contribution in [3.8, 4) is 10.6 Å². The van der Waals surface area contributed by atoms with Crippen LogP contribution >= 0.6 is 22.9 Å². The quantitative estimate of drug-likeness (QED) is 0.903. The van der Waals surface area contributed by atoms with Gasteiger partial charge in [0.2, 0.25) is 0 Å². The fourth-order valence-corrected chi connectivity index (χ4v) is 2.28. The van der Waals surface area contributed by atoms with E-state index < -0.39 is 0 Å². The van der Waals surface area contributed by atoms with Crippen LogP contribution in [0.3, 0.4) is 0 Å². The topological polar surface area (TPSA) is 75.4 Å². The molecule has 0 radical (unpaired) electrons. The van der Waals surface area contributed by atoms with E-state index in [1.807, 2.05) is 0 Å². The molecule has 0 saturated heterocycles. The first-order chi connectivity index (χ1) is 8.60. The normalized spacial score (nSPS) is 12.4. The van der Waals surface area contributed by atoms with Gasteiger partial charge in [-0.2, -0.15) is 0 Å². The second-order valence-corrected chi connectivity index (χ2v) is 5.45. The number of aromatic nitrogens is 1. The van der Waals surface area contributed by atoms with Crippen molar-refractivity contribution >= 4 is 28.8 Å². The average Bonchev–Trinajstić information content (AvgIpc) is 2.96. The largest absolute Gasteiger partial charge is 0.394 e. The molecule has 1 atom stereocenters. The molecule has 2 aromatic heterocycles. The third-order valence-electron chi connectivity index (χ3n) is 2.21. The van der Waals surface area contributed by atoms with E-state index >= 15 is 0 Å². The van der Waals surface area contributed by atoms with Crippen LogP contribution in [0, 0.1) is 0 Å². The lowest BCUT2D eigenvalue weighted by molar-refractivity contribution is 0.0913. The van der Waals surface area contributed by atoms with Crippen LogP contribution in [0.15, 0.2) is 22.7 Å². The second kappa shape index (κ2) is 5.51. The number of aliphatic hydroxyl groups excluding tert-OH is 1. The Morgan fingerprint density at radius 2 is 2.44 bits per heavy atom. The van der Waals surface area contributed by atoms with Gasteiger partial charge in [-0.3, -0.25) is 4.79 Å². The summed E-state index contributed by atoms with van der Waals surface area (Å²) in [5.41, 5.74) is 0.176. The molecule has 0 saturated carbocycles. The summed E-state index contributed by atoms with van der Waals surface area (Å²) >= 11 is 7.16. The Balaban J connectivity index is 2.13. The smallest absolute Gasteiger partial charge is 0.273 e. The van der Waals surface area contributed by atoms with Gasteiger partial charge in [0, 0.05) is 12.1 Å². The molecule has 1 unspecified atom stereocenters. The number of nitrogens with zero attached hydrogens (tertiary/aromatic N) is 1. The highest BCUT2D eigenvalue weighted by atomic mass is 35.5. The van der Waals surface area contributed by atoms with E-state index in [1.54, 1.807) is 25.1 Å². The molecule has 7 heteroatoms. The van der Waals surface area contributed by atoms with Gasteiger partial charge in [-0.1, -0.05) is 16.8 Å². The standard InChI is InChI=1S/C11H11ClN2O3S/c1-6(5-15)13-11(16)7-4-8(17-14-7)9-2-3-10(12)18-9/h2-4,6,15H,5H2,1H3,(H,13,16). The van der Waals surface area contributed by atoms with Gasteiger partial charge in [0.1, 0.15) is 0 Å². The number of hydrogen-bond acceptors (Lipinski definition) is 5. The molecule has 0 bridgehead atoms. The molecule has 1 amide bonds. The molecular weight excluding hydrogens is 276 g/mol. The second-order valence-electron chi connectivity index (χ2n) is 3.74. The molecule has 2 aromatic rings. The maximum absolute atomic E-state index is 11.7. The Morgan fingerprint density at radius 1 is 1.67 bits per heavy atom. The molecular formula is C11H11ClN2O3S. The van der Waals surface area contributed by atoms with Gasteiger partial charge in [-0.15, -0.1) is 11.3 Å². The first kappa shape index (κ1) is 13.1. The fraction of sp³-hybridized carbons (Fsp3) is 0.273. The predicted molar refractivity (Wildman–Crippen MR) is 68.8 cm³/mol. The highest BCUT2D eigenvalue weighted by Gasteiger charge is 2.16. The van der Waals surface area contributed by atoms with Crippen molar-refractivity contribution in [2.75, 3.05) is 6.61 Å². The number of hydrogen-bond donors (Lipinski definition) is 2. The van der Waals surface area contributed by atoms with Crippen LogP contribution in [0.5, 0.6) is 0 Å². The van der Waals surface area contributed by atoms with Crippen molar-refractivity contribution in [3.63, 3.8) is 0 Å². The summed E-state index contributed by atoms with van der Waals surface area (Å²) in [7, 11) is 0. The maximum Gasteiger partial charge on any atom is 0.273 e. The number of thiophene rings is 1. The monoisotopic (exact) mass is 286 g/mol. The SMILES string of the molecule is CC(CO)NC(=O)c1cc(-c2ccc(Cl)s2)on1. The van der Waals surface area contributed by atoms with Gasteiger partial charge in [0.25, 0.3) is 5.91 Å². The van der Waals surface area contributed by atoms with E-state index in [4.69, 9.17) is 21.2 Å². The minimum absolute atomic E-state index is 0.128. The summed E-state index contributed by atoms with van der Waals surface area (Å²) in [4.78, 5) is 12.5. The van der Waals surface area contributed by atoms with Crippen LogP contribution < -0.4 is 5.32 Å². The molecule has 0 fully saturated rings. The van der Waals surface area contributed by atoms with Gasteiger partial charge in [-0.05, 0) is 19.1 Å². The molecule has 2 rings (SSSR count). The Morgan fingerprint density at radius 3 is 3.06 bits per heavy atom. The Labute approximate surface area is 112 Å². The van der Waals surface area contributed by atoms with Gasteiger partial charge >= 0.3 is 0 Å². The van der Waals surface area contributed by atoms with Crippen LogP contribution in [0.25, 0.3) is 10.6 Å². The summed E-state index contributed by atoms with van der Waals surface area (Å²) < 4.78 is 5.72. The van der Waals surface area contributed by atoms with E-state index in [-0.39, 0.29) is 24.2 Å². The lowest BCUT2D eigenvalue weighted by Gasteiger charge is -2.07. The molecule has 5 nitrogen and oxygen atoms in total. The molecule has 2 N–H and O–H groups in total. The summed E-state index contributed by atoms with van der Waals surface area (Å²) in [5.74, 6) is 0.114. The minimum atomic E-state index is -0.380. The zero-order valence-corrected chi connectivity index (χ0v) is 11.1. The van der Waals surface area contributed by atoms with Gasteiger partial charge in [0.15, 0.2) is 11.5 Å². The third kappa shape index (κ3) is 2.90. The van der Waals surface area contributed by atoms with E-state index in [2.05, 4.69) is 10.5 Å². The first-order valence-corrected chi connectivity index (χ1v) is 6.43. The van der Waals surface area contributed by atoms with Crippen LogP contribution in [-0.2, 0) is 0 Å². The lowest BCUT2D eigenvalue weighted by Crippen LogP contribution is -2.35. The van der Waals surface area contributed by atoms with Crippen LogP contribution in [-0.4, -0.2) is 28.8 Å². The van der Waals surface area contributed by atoms with Crippen molar-refractivity contribution in [2.45, 2.75) is 13.0 Å². The number of carbonyl (C=O) groups excluding carboxylic acids is 1. The summed E-state index contributed by atoms with van der Waals surface area (Å²) in [5, 5.41) is 15.1. The molecule has 0 aromatic carbocycles. The number of carbonyl (C=O) groups is 1. The van der Waals surface area contributed by atoms with E-state index in [0.29, 0.717) is 10.1 Å². The number of nitrogens with one attached hydrogen (secondary N) is 1. The molecule has 96 valence electrons. The Bertz CT molecular complexity index is 552. The maximum atomic E-state index is 11.7. The van der Waals surface area contributed by atoms with Crippen molar-refractivity contribution in [2.24, 2.45) is 0 Å². The van der Waals surface area contributed by atoms with Crippen LogP contribution in [0.1, 0.15) is 17.4 Å². The molecule has 0 aliphatic rings. The van der Waals surface area contributed by atoms with Gasteiger partial charge in [-0.25, -0.2) is 0 Å². The van der Waals surface area contributed by atoms with Crippen molar-refractivity contribution in [1.82, 2.24) is 10.5 Å². The summed E-state index contributed by atoms with van der Waals surface area (Å²) in [6, 6.07) is 4.76. The molecule has 0 aliphatic heterocycles. The average molecular weight is 287 g/mol. The van der Waals surface area contributed by atoms with Crippen molar-refractivity contribution in [1.29, 1.82) is 0 Å². The molecule has 0 spiro atoms. The van der Waals surface area contributed by atoms with E-state index in [9.17, 15) is 4.79 Å².